The zero-order valence-corrected chi connectivity index (χ0v) is 18.9. The molecule has 0 unspecified atom stereocenters. The van der Waals surface area contributed by atoms with Crippen LogP contribution in [0.15, 0.2) is 66.7 Å². The molecule has 0 fully saturated rings. The lowest BCUT2D eigenvalue weighted by Crippen LogP contribution is -2.43. The van der Waals surface area contributed by atoms with Gasteiger partial charge >= 0.3 is 0 Å². The highest BCUT2D eigenvalue weighted by Crippen LogP contribution is 2.41. The second-order valence-electron chi connectivity index (χ2n) is 8.36. The molecule has 0 aromatic heterocycles. The topological polar surface area (TPSA) is 65.8 Å². The van der Waals surface area contributed by atoms with Gasteiger partial charge in [0, 0.05) is 37.0 Å². The third kappa shape index (κ3) is 4.73. The van der Waals surface area contributed by atoms with Crippen molar-refractivity contribution in [2.24, 2.45) is 0 Å². The highest BCUT2D eigenvalue weighted by molar-refractivity contribution is 5.94. The highest BCUT2D eigenvalue weighted by Gasteiger charge is 2.32. The van der Waals surface area contributed by atoms with Gasteiger partial charge < -0.3 is 15.5 Å². The number of nitrogens with one attached hydrogen (secondary N) is 2. The molecule has 4 rings (SSSR count). The van der Waals surface area contributed by atoms with Crippen molar-refractivity contribution in [2.75, 3.05) is 15.5 Å². The Bertz CT molecular complexity index is 1240. The van der Waals surface area contributed by atoms with Gasteiger partial charge in [0.15, 0.2) is 5.69 Å². The summed E-state index contributed by atoms with van der Waals surface area (Å²) in [5.41, 5.74) is 6.21. The molecule has 33 heavy (non-hydrogen) atoms. The van der Waals surface area contributed by atoms with Crippen molar-refractivity contribution in [3.05, 3.63) is 83.7 Å². The van der Waals surface area contributed by atoms with E-state index in [-0.39, 0.29) is 23.9 Å². The lowest BCUT2D eigenvalue weighted by molar-refractivity contribution is -0.117. The average molecular weight is 439 g/mol. The molecular formula is C27H26N4O2. The molecule has 2 atom stereocenters. The lowest BCUT2D eigenvalue weighted by atomic mass is 9.89. The van der Waals surface area contributed by atoms with Gasteiger partial charge in [-0.05, 0) is 66.4 Å². The largest absolute Gasteiger partial charge is 0.378 e. The van der Waals surface area contributed by atoms with E-state index in [0.717, 1.165) is 40.2 Å². The number of carbonyl (C=O) groups is 2. The minimum absolute atomic E-state index is 0.00266. The molecule has 2 N–H and O–H groups in total. The van der Waals surface area contributed by atoms with E-state index in [9.17, 15) is 9.59 Å². The Balaban J connectivity index is 1.74. The molecule has 2 amide bonds. The number of fused-ring (bicyclic) bond motifs is 1. The van der Waals surface area contributed by atoms with Crippen molar-refractivity contribution in [1.82, 2.24) is 0 Å². The first kappa shape index (κ1) is 22.1. The summed E-state index contributed by atoms with van der Waals surface area (Å²) in [5, 5.41) is 6.43. The van der Waals surface area contributed by atoms with E-state index in [2.05, 4.69) is 28.5 Å². The Hall–Kier alpha value is -4.11. The van der Waals surface area contributed by atoms with Gasteiger partial charge in [-0.1, -0.05) is 30.3 Å². The van der Waals surface area contributed by atoms with Crippen LogP contribution in [0.25, 0.3) is 16.0 Å². The van der Waals surface area contributed by atoms with Crippen LogP contribution >= 0.6 is 0 Å². The molecule has 1 aliphatic rings. The Morgan fingerprint density at radius 1 is 0.970 bits per heavy atom. The SMILES string of the molecule is [C-]#[N+]c1ccc(N[C@@H]2C[C@H](C)N(C(C)=O)c3ccc(-c4cccc(NC(C)=O)c4)cc32)cc1. The summed E-state index contributed by atoms with van der Waals surface area (Å²) in [7, 11) is 0. The van der Waals surface area contributed by atoms with Crippen molar-refractivity contribution in [3.8, 4) is 11.1 Å². The maximum Gasteiger partial charge on any atom is 0.224 e. The maximum atomic E-state index is 12.4. The lowest BCUT2D eigenvalue weighted by Gasteiger charge is -2.39. The molecule has 0 radical (unpaired) electrons. The second-order valence-corrected chi connectivity index (χ2v) is 8.36. The van der Waals surface area contributed by atoms with Gasteiger partial charge in [0.2, 0.25) is 11.8 Å². The van der Waals surface area contributed by atoms with Crippen molar-refractivity contribution < 1.29 is 9.59 Å². The van der Waals surface area contributed by atoms with Gasteiger partial charge in [-0.25, -0.2) is 4.85 Å². The molecule has 6 heteroatoms. The van der Waals surface area contributed by atoms with E-state index in [0.29, 0.717) is 5.69 Å². The Kier molecular flexibility index (Phi) is 6.14. The summed E-state index contributed by atoms with van der Waals surface area (Å²) in [5.74, 6) is -0.0961. The van der Waals surface area contributed by atoms with Crippen LogP contribution in [0, 0.1) is 6.57 Å². The fraction of sp³-hybridized carbons (Fsp3) is 0.222. The van der Waals surface area contributed by atoms with E-state index < -0.39 is 0 Å². The maximum absolute atomic E-state index is 12.4. The summed E-state index contributed by atoms with van der Waals surface area (Å²) < 4.78 is 0. The van der Waals surface area contributed by atoms with E-state index in [4.69, 9.17) is 6.57 Å². The van der Waals surface area contributed by atoms with Crippen LogP contribution in [-0.2, 0) is 9.59 Å². The number of hydrogen-bond acceptors (Lipinski definition) is 3. The predicted molar refractivity (Wildman–Crippen MR) is 132 cm³/mol. The quantitative estimate of drug-likeness (QED) is 0.479. The Morgan fingerprint density at radius 2 is 1.70 bits per heavy atom. The number of benzene rings is 3. The smallest absolute Gasteiger partial charge is 0.224 e. The minimum atomic E-state index is -0.114. The molecule has 0 saturated carbocycles. The molecule has 0 aliphatic carbocycles. The summed E-state index contributed by atoms with van der Waals surface area (Å²) in [4.78, 5) is 29.2. The number of anilines is 3. The number of rotatable bonds is 4. The van der Waals surface area contributed by atoms with Crippen LogP contribution in [-0.4, -0.2) is 17.9 Å². The van der Waals surface area contributed by atoms with E-state index in [1.165, 1.54) is 6.92 Å². The van der Waals surface area contributed by atoms with E-state index >= 15 is 0 Å². The average Bonchev–Trinajstić information content (AvgIpc) is 2.79. The van der Waals surface area contributed by atoms with Crippen LogP contribution in [0.2, 0.25) is 0 Å². The first-order valence-electron chi connectivity index (χ1n) is 10.9. The fourth-order valence-corrected chi connectivity index (χ4v) is 4.47. The number of nitrogens with zero attached hydrogens (tertiary/aromatic N) is 2. The molecule has 3 aromatic carbocycles. The van der Waals surface area contributed by atoms with Crippen molar-refractivity contribution in [3.63, 3.8) is 0 Å². The summed E-state index contributed by atoms with van der Waals surface area (Å²) in [6.45, 7) is 12.3. The normalized spacial score (nSPS) is 17.0. The number of carbonyl (C=O) groups excluding carboxylic acids is 2. The second kappa shape index (κ2) is 9.17. The van der Waals surface area contributed by atoms with Crippen LogP contribution < -0.4 is 15.5 Å². The Morgan fingerprint density at radius 3 is 2.36 bits per heavy atom. The molecular weight excluding hydrogens is 412 g/mol. The fourth-order valence-electron chi connectivity index (χ4n) is 4.47. The van der Waals surface area contributed by atoms with E-state index in [1.807, 2.05) is 53.4 Å². The third-order valence-electron chi connectivity index (χ3n) is 5.87. The molecule has 1 heterocycles. The van der Waals surface area contributed by atoms with Crippen LogP contribution in [0.4, 0.5) is 22.7 Å². The number of amides is 2. The highest BCUT2D eigenvalue weighted by atomic mass is 16.2. The molecule has 6 nitrogen and oxygen atoms in total. The van der Waals surface area contributed by atoms with Crippen molar-refractivity contribution >= 4 is 34.6 Å². The van der Waals surface area contributed by atoms with Gasteiger partial charge in [0.05, 0.1) is 12.6 Å². The van der Waals surface area contributed by atoms with Gasteiger partial charge in [0.25, 0.3) is 0 Å². The van der Waals surface area contributed by atoms with Gasteiger partial charge in [-0.15, -0.1) is 0 Å². The molecule has 3 aromatic rings. The molecule has 166 valence electrons. The van der Waals surface area contributed by atoms with Crippen molar-refractivity contribution in [1.29, 1.82) is 0 Å². The number of hydrogen-bond donors (Lipinski definition) is 2. The molecule has 0 bridgehead atoms. The summed E-state index contributed by atoms with van der Waals surface area (Å²) >= 11 is 0. The molecule has 0 spiro atoms. The van der Waals surface area contributed by atoms with Gasteiger partial charge in [-0.2, -0.15) is 0 Å². The predicted octanol–water partition coefficient (Wildman–Crippen LogP) is 6.16. The Labute approximate surface area is 194 Å². The first-order valence-corrected chi connectivity index (χ1v) is 10.9. The van der Waals surface area contributed by atoms with Crippen LogP contribution in [0.1, 0.15) is 38.8 Å². The molecule has 0 saturated heterocycles. The van der Waals surface area contributed by atoms with Crippen LogP contribution in [0.3, 0.4) is 0 Å². The standard InChI is InChI=1S/C27H26N4O2/c1-17-14-26(30-23-11-9-22(28-4)10-12-23)25-16-21(8-13-27(25)31(17)19(3)33)20-6-5-7-24(15-20)29-18(2)32/h5-13,15-17,26,30H,14H2,1-3H3,(H,29,32)/t17-,26+/m0/s1. The van der Waals surface area contributed by atoms with Gasteiger partial charge in [-0.3, -0.25) is 9.59 Å². The van der Waals surface area contributed by atoms with E-state index in [1.54, 1.807) is 19.1 Å². The third-order valence-corrected chi connectivity index (χ3v) is 5.87. The van der Waals surface area contributed by atoms with Crippen LogP contribution in [0.5, 0.6) is 0 Å². The summed E-state index contributed by atoms with van der Waals surface area (Å²) in [6.07, 6.45) is 0.756. The first-order chi connectivity index (χ1) is 15.9. The molecule has 1 aliphatic heterocycles. The minimum Gasteiger partial charge on any atom is -0.378 e. The summed E-state index contributed by atoms with van der Waals surface area (Å²) in [6, 6.07) is 21.3. The van der Waals surface area contributed by atoms with Gasteiger partial charge in [0.1, 0.15) is 0 Å². The zero-order valence-electron chi connectivity index (χ0n) is 18.9. The monoisotopic (exact) mass is 438 g/mol. The zero-order chi connectivity index (χ0) is 23.5. The van der Waals surface area contributed by atoms with Crippen molar-refractivity contribution in [2.45, 2.75) is 39.3 Å².